The fourth-order valence-corrected chi connectivity index (χ4v) is 15.5. The normalized spacial score (nSPS) is 57.8. The van der Waals surface area contributed by atoms with Gasteiger partial charge >= 0.3 is 0 Å². The lowest BCUT2D eigenvalue weighted by molar-refractivity contribution is -0.387. The number of allylic oxidation sites excluding steroid dienone is 1. The molecule has 412 valence electrons. The third-order valence-electron chi connectivity index (χ3n) is 19.8. The van der Waals surface area contributed by atoms with Crippen LogP contribution in [0.5, 0.6) is 0 Å². The summed E-state index contributed by atoms with van der Waals surface area (Å²) in [5.74, 6) is 2.61. The summed E-state index contributed by atoms with van der Waals surface area (Å²) in [7, 11) is 0. The number of rotatable bonds is 10. The molecular weight excluding hydrogens is 949 g/mol. The van der Waals surface area contributed by atoms with Crippen LogP contribution in [0.15, 0.2) is 11.6 Å². The first-order valence-corrected chi connectivity index (χ1v) is 26.7. The molecule has 3 saturated carbocycles. The zero-order chi connectivity index (χ0) is 51.5. The van der Waals surface area contributed by atoms with E-state index in [1.54, 1.807) is 0 Å². The standard InChI is InChI=1S/C51H82O21/c1-20-9-14-51(63-19-20)21(2)32-29(72-51)16-28-26-8-7-24-15-25(10-12-49(24,5)27(26)11-13-50(28,32)6)66-46-39(60)36(57)42(30(17-52)67-46)69-47-40(61)37(58)43(31(18-53)68-47)70-48-41(62)44(34(55)23(4)65-48)71-45-38(59)35(56)33(54)22(3)64-45/h7,20-23,25-48,52-62H,8-19H2,1-6H3/t20-,21+,22+,23+,25+,26-,27+,28+,29+,30-,31-,32+,33+,34+,35-,36-,37-,38-,39-,40-,41-,42-,43-,44-,45+,46-,47+,48+,49+,50+,51-/m1/s1. The van der Waals surface area contributed by atoms with Crippen LogP contribution in [0.4, 0.5) is 0 Å². The van der Waals surface area contributed by atoms with Crippen LogP contribution in [0.25, 0.3) is 0 Å². The number of fused-ring (bicyclic) bond motifs is 7. The Kier molecular flexibility index (Phi) is 15.5. The minimum Gasteiger partial charge on any atom is -0.394 e. The van der Waals surface area contributed by atoms with E-state index in [0.29, 0.717) is 48.3 Å². The molecule has 6 saturated heterocycles. The minimum absolute atomic E-state index is 0.0101. The molecule has 4 aliphatic carbocycles. The molecule has 0 aromatic carbocycles. The van der Waals surface area contributed by atoms with E-state index < -0.39 is 142 Å². The van der Waals surface area contributed by atoms with Crippen molar-refractivity contribution < 1.29 is 104 Å². The summed E-state index contributed by atoms with van der Waals surface area (Å²) in [6, 6.07) is 0. The number of aliphatic hydroxyl groups is 11. The predicted octanol–water partition coefficient (Wildman–Crippen LogP) is -0.934. The number of aliphatic hydroxyl groups excluding tert-OH is 11. The molecule has 21 heteroatoms. The minimum atomic E-state index is -1.94. The molecule has 9 fully saturated rings. The molecule has 0 aromatic heterocycles. The summed E-state index contributed by atoms with van der Waals surface area (Å²) in [4.78, 5) is 0. The summed E-state index contributed by atoms with van der Waals surface area (Å²) < 4.78 is 60.6. The van der Waals surface area contributed by atoms with Gasteiger partial charge in [0.25, 0.3) is 0 Å². The smallest absolute Gasteiger partial charge is 0.187 e. The van der Waals surface area contributed by atoms with Crippen molar-refractivity contribution in [3.63, 3.8) is 0 Å². The highest BCUT2D eigenvalue weighted by molar-refractivity contribution is 5.26. The highest BCUT2D eigenvalue weighted by atomic mass is 16.8. The van der Waals surface area contributed by atoms with Gasteiger partial charge in [0, 0.05) is 12.3 Å². The molecule has 6 heterocycles. The van der Waals surface area contributed by atoms with Crippen molar-refractivity contribution in [2.45, 2.75) is 240 Å². The lowest BCUT2D eigenvalue weighted by Crippen LogP contribution is -2.67. The molecule has 10 aliphatic rings. The third kappa shape index (κ3) is 9.09. The molecule has 11 N–H and O–H groups in total. The van der Waals surface area contributed by atoms with Crippen molar-refractivity contribution in [2.24, 2.45) is 46.3 Å². The summed E-state index contributed by atoms with van der Waals surface area (Å²) in [5, 5.41) is 120. The molecule has 31 atom stereocenters. The van der Waals surface area contributed by atoms with E-state index in [-0.39, 0.29) is 23.0 Å². The molecule has 10 rings (SSSR count). The van der Waals surface area contributed by atoms with Crippen molar-refractivity contribution in [1.29, 1.82) is 0 Å². The van der Waals surface area contributed by atoms with Gasteiger partial charge in [-0.3, -0.25) is 0 Å². The fourth-order valence-electron chi connectivity index (χ4n) is 15.5. The Labute approximate surface area is 420 Å². The first-order valence-electron chi connectivity index (χ1n) is 26.7. The van der Waals surface area contributed by atoms with E-state index in [4.69, 9.17) is 47.4 Å². The van der Waals surface area contributed by atoms with E-state index in [1.807, 2.05) is 0 Å². The van der Waals surface area contributed by atoms with Crippen molar-refractivity contribution >= 4 is 0 Å². The average Bonchev–Trinajstić information content (AvgIpc) is 3.81. The number of ether oxygens (including phenoxy) is 10. The maximum atomic E-state index is 11.5. The Balaban J connectivity index is 0.746. The quantitative estimate of drug-likeness (QED) is 0.118. The highest BCUT2D eigenvalue weighted by Crippen LogP contribution is 2.70. The van der Waals surface area contributed by atoms with Gasteiger partial charge in [0.05, 0.1) is 44.2 Å². The lowest BCUT2D eigenvalue weighted by atomic mass is 9.47. The average molecular weight is 1030 g/mol. The molecule has 1 spiro atoms. The molecule has 0 unspecified atom stereocenters. The van der Waals surface area contributed by atoms with Gasteiger partial charge in [-0.1, -0.05) is 39.3 Å². The first kappa shape index (κ1) is 54.3. The van der Waals surface area contributed by atoms with E-state index in [0.717, 1.165) is 51.6 Å². The van der Waals surface area contributed by atoms with E-state index in [9.17, 15) is 56.2 Å². The highest BCUT2D eigenvalue weighted by Gasteiger charge is 2.69. The monoisotopic (exact) mass is 1030 g/mol. The molecule has 72 heavy (non-hydrogen) atoms. The van der Waals surface area contributed by atoms with Crippen molar-refractivity contribution in [3.8, 4) is 0 Å². The van der Waals surface area contributed by atoms with Gasteiger partial charge < -0.3 is 104 Å². The fraction of sp³-hybridized carbons (Fsp3) is 0.961. The number of hydrogen-bond donors (Lipinski definition) is 11. The van der Waals surface area contributed by atoms with Crippen LogP contribution in [0.2, 0.25) is 0 Å². The topological polar surface area (TPSA) is 315 Å². The van der Waals surface area contributed by atoms with Crippen molar-refractivity contribution in [2.75, 3.05) is 19.8 Å². The second kappa shape index (κ2) is 20.6. The van der Waals surface area contributed by atoms with Gasteiger partial charge in [-0.15, -0.1) is 0 Å². The van der Waals surface area contributed by atoms with Crippen LogP contribution in [0, 0.1) is 46.3 Å². The van der Waals surface area contributed by atoms with E-state index in [1.165, 1.54) is 19.4 Å². The predicted molar refractivity (Wildman–Crippen MR) is 245 cm³/mol. The van der Waals surface area contributed by atoms with Crippen LogP contribution in [0.3, 0.4) is 0 Å². The summed E-state index contributed by atoms with van der Waals surface area (Å²) >= 11 is 0. The summed E-state index contributed by atoms with van der Waals surface area (Å²) in [6.07, 6.45) is -20.4. The second-order valence-corrected chi connectivity index (χ2v) is 23.9. The second-order valence-electron chi connectivity index (χ2n) is 23.9. The third-order valence-corrected chi connectivity index (χ3v) is 19.8. The molecular formula is C51H82O21. The van der Waals surface area contributed by atoms with Gasteiger partial charge in [-0.25, -0.2) is 0 Å². The SMILES string of the molecule is C[C@@H]1CC[C@@]2(OC1)O[C@H]1C[C@H]3[C@@H]4CC=C5C[C@@H](O[C@@H]6O[C@H](CO)[C@@H](O[C@@H]7O[C@H](CO)[C@@H](O[C@@H]8O[C@@H](C)[C@H](O)[C@@H](O[C@@H]9O[C@@H](C)[C@H](O)[C@@H](O)[C@H]9O)[C@H]8O)[C@H](O)[C@H]7O)[C@H](O)[C@H]6O)CC[C@]5(C)[C@H]4CC[C@]3(C)[C@H]1[C@@H]2C. The van der Waals surface area contributed by atoms with Crippen LogP contribution < -0.4 is 0 Å². The largest absolute Gasteiger partial charge is 0.394 e. The van der Waals surface area contributed by atoms with Crippen molar-refractivity contribution in [3.05, 3.63) is 11.6 Å². The summed E-state index contributed by atoms with van der Waals surface area (Å²) in [6.45, 7) is 11.7. The zero-order valence-electron chi connectivity index (χ0n) is 42.2. The van der Waals surface area contributed by atoms with Gasteiger partial charge in [-0.05, 0) is 106 Å². The molecule has 0 radical (unpaired) electrons. The van der Waals surface area contributed by atoms with Crippen LogP contribution >= 0.6 is 0 Å². The van der Waals surface area contributed by atoms with E-state index >= 15 is 0 Å². The molecule has 0 aromatic rings. The van der Waals surface area contributed by atoms with Gasteiger partial charge in [0.1, 0.15) is 85.5 Å². The zero-order valence-corrected chi connectivity index (χ0v) is 42.2. The summed E-state index contributed by atoms with van der Waals surface area (Å²) in [5.41, 5.74) is 1.53. The van der Waals surface area contributed by atoms with E-state index in [2.05, 4.69) is 33.8 Å². The lowest BCUT2D eigenvalue weighted by Gasteiger charge is -2.58. The molecule has 0 amide bonds. The van der Waals surface area contributed by atoms with Gasteiger partial charge in [0.15, 0.2) is 30.9 Å². The Bertz CT molecular complexity index is 1900. The maximum absolute atomic E-state index is 11.5. The Morgan fingerprint density at radius 2 is 1.15 bits per heavy atom. The number of hydrogen-bond acceptors (Lipinski definition) is 21. The first-order chi connectivity index (χ1) is 34.1. The van der Waals surface area contributed by atoms with Crippen LogP contribution in [-0.4, -0.2) is 217 Å². The Hall–Kier alpha value is -1.10. The van der Waals surface area contributed by atoms with Crippen LogP contribution in [-0.2, 0) is 47.4 Å². The molecule has 21 nitrogen and oxygen atoms in total. The van der Waals surface area contributed by atoms with Crippen molar-refractivity contribution in [1.82, 2.24) is 0 Å². The maximum Gasteiger partial charge on any atom is 0.187 e. The van der Waals surface area contributed by atoms with Gasteiger partial charge in [0.2, 0.25) is 0 Å². The Morgan fingerprint density at radius 1 is 0.583 bits per heavy atom. The molecule has 0 bridgehead atoms. The van der Waals surface area contributed by atoms with Gasteiger partial charge in [-0.2, -0.15) is 0 Å². The molecule has 6 aliphatic heterocycles. The Morgan fingerprint density at radius 3 is 1.76 bits per heavy atom. The van der Waals surface area contributed by atoms with Crippen LogP contribution in [0.1, 0.15) is 99.3 Å².